The summed E-state index contributed by atoms with van der Waals surface area (Å²) in [4.78, 5) is 67.2. The molecule has 3 amide bonds. The number of phosphoric acid groups is 3. The number of hydrogen-bond donors (Lipinski definition) is 4. The summed E-state index contributed by atoms with van der Waals surface area (Å²) in [5.41, 5.74) is 0. The Morgan fingerprint density at radius 2 is 1.59 bits per heavy atom. The van der Waals surface area contributed by atoms with Gasteiger partial charge in [-0.1, -0.05) is 0 Å². The SMILES string of the molecule is O=C1N=CC(C2OC(COP(=O)([O-])OP(=O)([O-])OP(=O)([O-])O)C(O)C2O)C(=O)N1.[Na+].[Na+].[Na+]. The Hall–Kier alpha value is 2.10. The van der Waals surface area contributed by atoms with E-state index in [1.54, 1.807) is 0 Å². The minimum Gasteiger partial charge on any atom is -0.756 e. The molecule has 8 atom stereocenters. The third-order valence-electron chi connectivity index (χ3n) is 3.44. The van der Waals surface area contributed by atoms with E-state index < -0.39 is 72.3 Å². The maximum absolute atomic E-state index is 11.7. The van der Waals surface area contributed by atoms with Crippen LogP contribution < -0.4 is 109 Å². The second-order valence-corrected chi connectivity index (χ2v) is 9.83. The molecule has 2 rings (SSSR count). The number of hydrogen-bond acceptors (Lipinski definition) is 14. The molecule has 1 saturated heterocycles. The van der Waals surface area contributed by atoms with Crippen LogP contribution in [-0.2, 0) is 36.4 Å². The van der Waals surface area contributed by atoms with Gasteiger partial charge in [-0.15, -0.1) is 0 Å². The standard InChI is InChI=1S/C9H15N2O15P3.3Na/c12-5-4(2-23-28(19,20)26-29(21,22)25-27(16,17)18)24-7(6(5)13)3-1-10-9(15)11-8(3)14;;;/h1,3-7,12-13H,2H2,(H,19,20)(H,21,22)(H,11,14,15)(H2,16,17,18);;;/q;3*+1/p-3. The fourth-order valence-electron chi connectivity index (χ4n) is 2.33. The average Bonchev–Trinajstić information content (AvgIpc) is 2.78. The number of nitrogens with zero attached hydrogens (tertiary/aromatic N) is 1. The molecule has 0 aromatic heterocycles. The molecule has 32 heavy (non-hydrogen) atoms. The first-order chi connectivity index (χ1) is 13.1. The molecule has 0 aromatic carbocycles. The van der Waals surface area contributed by atoms with Crippen molar-refractivity contribution in [1.29, 1.82) is 0 Å². The van der Waals surface area contributed by atoms with Gasteiger partial charge in [0.1, 0.15) is 30.3 Å². The van der Waals surface area contributed by atoms with E-state index >= 15 is 0 Å². The van der Waals surface area contributed by atoms with Gasteiger partial charge >= 0.3 is 94.7 Å². The molecule has 2 aliphatic heterocycles. The van der Waals surface area contributed by atoms with Gasteiger partial charge in [-0.25, -0.2) is 18.4 Å². The Balaban J connectivity index is 0. The predicted octanol–water partition coefficient (Wildman–Crippen LogP) is -13.1. The Labute approximate surface area is 246 Å². The van der Waals surface area contributed by atoms with Crippen LogP contribution in [0.4, 0.5) is 4.79 Å². The van der Waals surface area contributed by atoms with E-state index in [0.717, 1.165) is 6.21 Å². The number of carbonyl (C=O) groups is 2. The van der Waals surface area contributed by atoms with Crippen LogP contribution in [0.3, 0.4) is 0 Å². The molecule has 0 spiro atoms. The fourth-order valence-corrected chi connectivity index (χ4v) is 5.23. The van der Waals surface area contributed by atoms with Gasteiger partial charge in [-0.2, -0.15) is 0 Å². The van der Waals surface area contributed by atoms with Gasteiger partial charge in [0.2, 0.25) is 5.91 Å². The normalized spacial score (nSPS) is 32.8. The molecule has 0 saturated carbocycles. The van der Waals surface area contributed by atoms with Crippen LogP contribution in [0.2, 0.25) is 0 Å². The summed E-state index contributed by atoms with van der Waals surface area (Å²) in [6.07, 6.45) is -5.85. The van der Waals surface area contributed by atoms with Crippen molar-refractivity contribution in [3.63, 3.8) is 0 Å². The number of aliphatic imine (C=N–C) groups is 1. The van der Waals surface area contributed by atoms with Crippen LogP contribution in [0.1, 0.15) is 0 Å². The van der Waals surface area contributed by atoms with Gasteiger partial charge in [0.25, 0.3) is 23.5 Å². The van der Waals surface area contributed by atoms with Gasteiger partial charge in [-0.3, -0.25) is 23.8 Å². The monoisotopic (exact) mass is 550 g/mol. The van der Waals surface area contributed by atoms with Gasteiger partial charge < -0.3 is 39.0 Å². The van der Waals surface area contributed by atoms with Crippen molar-refractivity contribution in [3.8, 4) is 0 Å². The van der Waals surface area contributed by atoms with E-state index in [9.17, 15) is 48.2 Å². The Morgan fingerprint density at radius 1 is 1.03 bits per heavy atom. The second kappa shape index (κ2) is 14.1. The Morgan fingerprint density at radius 3 is 2.09 bits per heavy atom. The fraction of sp³-hybridized carbons (Fsp3) is 0.667. The number of phosphoric ester groups is 1. The van der Waals surface area contributed by atoms with Crippen molar-refractivity contribution < 1.29 is 160 Å². The minimum atomic E-state index is -6.10. The first kappa shape index (κ1) is 36.3. The van der Waals surface area contributed by atoms with Crippen LogP contribution in [0.15, 0.2) is 4.99 Å². The first-order valence-corrected chi connectivity index (χ1v) is 11.7. The Kier molecular flexibility index (Phi) is 16.0. The van der Waals surface area contributed by atoms with Crippen LogP contribution >= 0.6 is 23.5 Å². The third-order valence-corrected chi connectivity index (χ3v) is 7.13. The quantitative estimate of drug-likeness (QED) is 0.161. The maximum Gasteiger partial charge on any atom is 1.00 e. The van der Waals surface area contributed by atoms with Gasteiger partial charge in [0, 0.05) is 6.21 Å². The molecular formula is C9H12N2Na3O15P3. The molecular weight excluding hydrogens is 538 g/mol. The van der Waals surface area contributed by atoms with Gasteiger partial charge in [0.05, 0.1) is 6.61 Å². The van der Waals surface area contributed by atoms with Gasteiger partial charge in [-0.05, 0) is 0 Å². The molecule has 0 aromatic rings. The van der Waals surface area contributed by atoms with Crippen molar-refractivity contribution >= 4 is 41.6 Å². The summed E-state index contributed by atoms with van der Waals surface area (Å²) < 4.78 is 48.6. The smallest absolute Gasteiger partial charge is 0.756 e. The van der Waals surface area contributed by atoms with E-state index in [1.807, 2.05) is 5.32 Å². The summed E-state index contributed by atoms with van der Waals surface area (Å²) in [5, 5.41) is 21.7. The number of nitrogens with one attached hydrogen (secondary N) is 1. The number of aliphatic hydroxyl groups excluding tert-OH is 2. The van der Waals surface area contributed by atoms with E-state index in [-0.39, 0.29) is 88.7 Å². The maximum atomic E-state index is 11.7. The largest absolute Gasteiger partial charge is 1.00 e. The molecule has 2 aliphatic rings. The molecule has 1 fully saturated rings. The average molecular weight is 550 g/mol. The van der Waals surface area contributed by atoms with E-state index in [2.05, 4.69) is 18.1 Å². The van der Waals surface area contributed by atoms with Crippen molar-refractivity contribution in [2.45, 2.75) is 24.4 Å². The van der Waals surface area contributed by atoms with Crippen molar-refractivity contribution in [3.05, 3.63) is 0 Å². The predicted molar refractivity (Wildman–Crippen MR) is 79.4 cm³/mol. The molecule has 8 unspecified atom stereocenters. The van der Waals surface area contributed by atoms with Crippen molar-refractivity contribution in [1.82, 2.24) is 5.32 Å². The summed E-state index contributed by atoms with van der Waals surface area (Å²) >= 11 is 0. The zero-order chi connectivity index (χ0) is 22.2. The number of imide groups is 1. The molecule has 2 heterocycles. The summed E-state index contributed by atoms with van der Waals surface area (Å²) in [6, 6.07) is -0.974. The molecule has 4 N–H and O–H groups in total. The second-order valence-electron chi connectivity index (χ2n) is 5.54. The molecule has 17 nitrogen and oxygen atoms in total. The van der Waals surface area contributed by atoms with Crippen molar-refractivity contribution in [2.75, 3.05) is 6.61 Å². The minimum absolute atomic E-state index is 0. The number of amides is 3. The van der Waals surface area contributed by atoms with Gasteiger partial charge in [0.15, 0.2) is 0 Å². The van der Waals surface area contributed by atoms with E-state index in [4.69, 9.17) is 9.63 Å². The third kappa shape index (κ3) is 11.0. The van der Waals surface area contributed by atoms with Crippen LogP contribution in [0, 0.1) is 5.92 Å². The van der Waals surface area contributed by atoms with Crippen LogP contribution in [0.25, 0.3) is 0 Å². The summed E-state index contributed by atoms with van der Waals surface area (Å²) in [5.74, 6) is -2.25. The van der Waals surface area contributed by atoms with E-state index in [1.165, 1.54) is 0 Å². The number of rotatable bonds is 8. The molecule has 0 aliphatic carbocycles. The zero-order valence-corrected chi connectivity index (χ0v) is 25.4. The number of aliphatic hydroxyl groups is 2. The summed E-state index contributed by atoms with van der Waals surface area (Å²) in [6.45, 7) is -1.14. The topological polar surface area (TPSA) is 277 Å². The first-order valence-electron chi connectivity index (χ1n) is 7.24. The molecule has 23 heteroatoms. The zero-order valence-electron chi connectivity index (χ0n) is 16.7. The van der Waals surface area contributed by atoms with Crippen molar-refractivity contribution in [2.24, 2.45) is 10.9 Å². The Bertz CT molecular complexity index is 853. The summed E-state index contributed by atoms with van der Waals surface area (Å²) in [7, 11) is -17.8. The number of carbonyl (C=O) groups excluding carboxylic acids is 2. The molecule has 166 valence electrons. The number of ether oxygens (including phenoxy) is 1. The van der Waals surface area contributed by atoms with E-state index in [0.29, 0.717) is 0 Å². The molecule has 0 bridgehead atoms. The molecule has 0 radical (unpaired) electrons. The van der Waals surface area contributed by atoms with Crippen LogP contribution in [0.5, 0.6) is 0 Å². The van der Waals surface area contributed by atoms with Crippen LogP contribution in [-0.4, -0.2) is 64.3 Å². The number of urea groups is 1.